The van der Waals surface area contributed by atoms with Gasteiger partial charge in [0, 0.05) is 12.5 Å². The molecule has 0 unspecified atom stereocenters. The summed E-state index contributed by atoms with van der Waals surface area (Å²) in [6.45, 7) is 1.44. The standard InChI is InChI=1S/C20H14BrNO7/c1-10(23)28-18-13(21)5-11(7-17(18)25-2)6-14-20(24)29-19(22-14)12-3-4-15-16(8-12)27-9-26-15/h3-8H,9H2,1-2H3/b14-6-. The first-order valence-corrected chi connectivity index (χ1v) is 9.22. The Labute approximate surface area is 173 Å². The number of fused-ring (bicyclic) bond motifs is 1. The third-order valence-electron chi connectivity index (χ3n) is 4.04. The van der Waals surface area contributed by atoms with Crippen molar-refractivity contribution in [3.63, 3.8) is 0 Å². The number of rotatable bonds is 4. The molecule has 148 valence electrons. The number of halogens is 1. The number of benzene rings is 2. The van der Waals surface area contributed by atoms with Crippen molar-refractivity contribution in [3.05, 3.63) is 51.6 Å². The molecule has 0 aliphatic carbocycles. The number of methoxy groups -OCH3 is 1. The number of nitrogens with zero attached hydrogens (tertiary/aromatic N) is 1. The summed E-state index contributed by atoms with van der Waals surface area (Å²) in [4.78, 5) is 27.8. The number of carbonyl (C=O) groups is 2. The van der Waals surface area contributed by atoms with E-state index < -0.39 is 11.9 Å². The molecule has 2 aliphatic heterocycles. The topological polar surface area (TPSA) is 92.7 Å². The third-order valence-corrected chi connectivity index (χ3v) is 4.63. The van der Waals surface area contributed by atoms with Crippen molar-refractivity contribution in [1.29, 1.82) is 0 Å². The molecule has 0 bridgehead atoms. The zero-order valence-corrected chi connectivity index (χ0v) is 16.9. The first-order valence-electron chi connectivity index (χ1n) is 8.43. The van der Waals surface area contributed by atoms with Crippen LogP contribution in [0.2, 0.25) is 0 Å². The Morgan fingerprint density at radius 1 is 1.21 bits per heavy atom. The van der Waals surface area contributed by atoms with Gasteiger partial charge in [0.05, 0.1) is 11.6 Å². The molecular formula is C20H14BrNO7. The van der Waals surface area contributed by atoms with Gasteiger partial charge >= 0.3 is 11.9 Å². The monoisotopic (exact) mass is 459 g/mol. The number of hydrogen-bond donors (Lipinski definition) is 0. The third kappa shape index (κ3) is 3.81. The van der Waals surface area contributed by atoms with Crippen LogP contribution in [0.4, 0.5) is 0 Å². The smallest absolute Gasteiger partial charge is 0.363 e. The van der Waals surface area contributed by atoms with E-state index in [-0.39, 0.29) is 24.1 Å². The number of hydrogen-bond acceptors (Lipinski definition) is 8. The van der Waals surface area contributed by atoms with E-state index in [4.69, 9.17) is 23.7 Å². The lowest BCUT2D eigenvalue weighted by molar-refractivity contribution is -0.132. The van der Waals surface area contributed by atoms with E-state index in [9.17, 15) is 9.59 Å². The first-order chi connectivity index (χ1) is 13.9. The van der Waals surface area contributed by atoms with Gasteiger partial charge < -0.3 is 23.7 Å². The van der Waals surface area contributed by atoms with Gasteiger partial charge in [-0.15, -0.1) is 0 Å². The summed E-state index contributed by atoms with van der Waals surface area (Å²) in [7, 11) is 1.45. The Morgan fingerprint density at radius 3 is 2.76 bits per heavy atom. The minimum absolute atomic E-state index is 0.117. The van der Waals surface area contributed by atoms with Crippen LogP contribution >= 0.6 is 15.9 Å². The van der Waals surface area contributed by atoms with Gasteiger partial charge in [0.25, 0.3) is 0 Å². The molecular weight excluding hydrogens is 446 g/mol. The lowest BCUT2D eigenvalue weighted by Gasteiger charge is -2.11. The lowest BCUT2D eigenvalue weighted by atomic mass is 10.1. The van der Waals surface area contributed by atoms with Crippen molar-refractivity contribution in [1.82, 2.24) is 0 Å². The van der Waals surface area contributed by atoms with Gasteiger partial charge in [-0.25, -0.2) is 9.79 Å². The van der Waals surface area contributed by atoms with Crippen LogP contribution in [0, 0.1) is 0 Å². The van der Waals surface area contributed by atoms with Crippen molar-refractivity contribution in [2.75, 3.05) is 13.9 Å². The molecule has 4 rings (SSSR count). The summed E-state index contributed by atoms with van der Waals surface area (Å²) in [6, 6.07) is 8.46. The maximum absolute atomic E-state index is 12.3. The van der Waals surface area contributed by atoms with Crippen molar-refractivity contribution in [2.45, 2.75) is 6.92 Å². The molecule has 0 fully saturated rings. The van der Waals surface area contributed by atoms with E-state index in [2.05, 4.69) is 20.9 Å². The second kappa shape index (κ2) is 7.59. The molecule has 2 aromatic rings. The van der Waals surface area contributed by atoms with Gasteiger partial charge in [-0.1, -0.05) is 0 Å². The molecule has 9 heteroatoms. The summed E-state index contributed by atoms with van der Waals surface area (Å²) in [5.41, 5.74) is 1.31. The van der Waals surface area contributed by atoms with Gasteiger partial charge in [-0.3, -0.25) is 4.79 Å². The lowest BCUT2D eigenvalue weighted by Crippen LogP contribution is -2.05. The van der Waals surface area contributed by atoms with Crippen molar-refractivity contribution >= 4 is 39.8 Å². The van der Waals surface area contributed by atoms with Gasteiger partial charge in [-0.2, -0.15) is 0 Å². The number of ether oxygens (including phenoxy) is 5. The van der Waals surface area contributed by atoms with Crippen LogP contribution in [-0.4, -0.2) is 31.7 Å². The van der Waals surface area contributed by atoms with Gasteiger partial charge in [0.2, 0.25) is 12.7 Å². The SMILES string of the molecule is COc1cc(/C=C2\N=C(c3ccc4c(c3)OCO4)OC2=O)cc(Br)c1OC(C)=O. The van der Waals surface area contributed by atoms with E-state index >= 15 is 0 Å². The van der Waals surface area contributed by atoms with Crippen LogP contribution < -0.4 is 18.9 Å². The number of cyclic esters (lactones) is 1. The molecule has 2 aliphatic rings. The van der Waals surface area contributed by atoms with E-state index in [1.165, 1.54) is 14.0 Å². The summed E-state index contributed by atoms with van der Waals surface area (Å²) in [6.07, 6.45) is 1.55. The number of esters is 2. The van der Waals surface area contributed by atoms with E-state index in [1.54, 1.807) is 36.4 Å². The molecule has 0 aromatic heterocycles. The Kier molecular flexibility index (Phi) is 4.98. The van der Waals surface area contributed by atoms with Crippen LogP contribution in [0.1, 0.15) is 18.1 Å². The highest BCUT2D eigenvalue weighted by Crippen LogP contribution is 2.38. The fourth-order valence-corrected chi connectivity index (χ4v) is 3.33. The van der Waals surface area contributed by atoms with Crippen molar-refractivity contribution in [2.24, 2.45) is 4.99 Å². The van der Waals surface area contributed by atoms with Crippen molar-refractivity contribution in [3.8, 4) is 23.0 Å². The molecule has 0 atom stereocenters. The van der Waals surface area contributed by atoms with E-state index in [1.807, 2.05) is 0 Å². The second-order valence-corrected chi connectivity index (χ2v) is 6.89. The average molecular weight is 460 g/mol. The predicted octanol–water partition coefficient (Wildman–Crippen LogP) is 3.46. The van der Waals surface area contributed by atoms with Crippen molar-refractivity contribution < 1.29 is 33.3 Å². The highest BCUT2D eigenvalue weighted by atomic mass is 79.9. The Hall–Kier alpha value is -3.33. The fraction of sp³-hybridized carbons (Fsp3) is 0.150. The summed E-state index contributed by atoms with van der Waals surface area (Å²) in [5.74, 6) is 0.868. The van der Waals surface area contributed by atoms with Crippen LogP contribution in [0.5, 0.6) is 23.0 Å². The molecule has 0 radical (unpaired) electrons. The minimum atomic E-state index is -0.586. The number of carbonyl (C=O) groups excluding carboxylic acids is 2. The largest absolute Gasteiger partial charge is 0.493 e. The highest BCUT2D eigenvalue weighted by Gasteiger charge is 2.26. The Morgan fingerprint density at radius 2 is 2.00 bits per heavy atom. The molecule has 8 nitrogen and oxygen atoms in total. The molecule has 0 amide bonds. The molecule has 0 saturated carbocycles. The van der Waals surface area contributed by atoms with Crippen LogP contribution in [0.15, 0.2) is 45.5 Å². The summed E-state index contributed by atoms with van der Waals surface area (Å²) >= 11 is 3.34. The zero-order valence-electron chi connectivity index (χ0n) is 15.4. The Balaban J connectivity index is 1.66. The molecule has 2 aromatic carbocycles. The summed E-state index contributed by atoms with van der Waals surface area (Å²) in [5, 5.41) is 0. The fourth-order valence-electron chi connectivity index (χ4n) is 2.79. The zero-order chi connectivity index (χ0) is 20.5. The molecule has 29 heavy (non-hydrogen) atoms. The molecule has 0 N–H and O–H groups in total. The molecule has 2 heterocycles. The van der Waals surface area contributed by atoms with Gasteiger partial charge in [0.1, 0.15) is 0 Å². The average Bonchev–Trinajstić information content (AvgIpc) is 3.29. The first kappa shape index (κ1) is 19.0. The molecule has 0 saturated heterocycles. The highest BCUT2D eigenvalue weighted by molar-refractivity contribution is 9.10. The van der Waals surface area contributed by atoms with Crippen LogP contribution in [0.3, 0.4) is 0 Å². The van der Waals surface area contributed by atoms with Crippen LogP contribution in [-0.2, 0) is 14.3 Å². The van der Waals surface area contributed by atoms with E-state index in [0.717, 1.165) is 0 Å². The quantitative estimate of drug-likeness (QED) is 0.392. The van der Waals surface area contributed by atoms with Gasteiger partial charge in [-0.05, 0) is 57.9 Å². The summed E-state index contributed by atoms with van der Waals surface area (Å²) < 4.78 is 26.8. The number of aliphatic imine (C=N–C) groups is 1. The maximum Gasteiger partial charge on any atom is 0.363 e. The maximum atomic E-state index is 12.3. The minimum Gasteiger partial charge on any atom is -0.493 e. The van der Waals surface area contributed by atoms with Gasteiger partial charge in [0.15, 0.2) is 28.7 Å². The Bertz CT molecular complexity index is 1090. The second-order valence-electron chi connectivity index (χ2n) is 6.03. The normalized spacial score (nSPS) is 15.9. The van der Waals surface area contributed by atoms with Crippen LogP contribution in [0.25, 0.3) is 6.08 Å². The van der Waals surface area contributed by atoms with E-state index in [0.29, 0.717) is 32.8 Å². The molecule has 0 spiro atoms. The predicted molar refractivity (Wildman–Crippen MR) is 105 cm³/mol.